The molecule has 0 saturated carbocycles. The molecule has 0 amide bonds. The predicted molar refractivity (Wildman–Crippen MR) is 49.6 cm³/mol. The number of aliphatic hydroxyl groups excluding tert-OH is 1. The SMILES string of the molecule is CCCCC(O)CC(C)CC. The van der Waals surface area contributed by atoms with Crippen molar-refractivity contribution in [2.45, 2.75) is 59.0 Å². The zero-order chi connectivity index (χ0) is 8.69. The van der Waals surface area contributed by atoms with Gasteiger partial charge in [-0.1, -0.05) is 40.0 Å². The van der Waals surface area contributed by atoms with Gasteiger partial charge in [-0.2, -0.15) is 0 Å². The molecule has 0 aliphatic carbocycles. The lowest BCUT2D eigenvalue weighted by molar-refractivity contribution is 0.132. The minimum Gasteiger partial charge on any atom is -0.393 e. The molecule has 0 saturated heterocycles. The average molecular weight is 158 g/mol. The van der Waals surface area contributed by atoms with Gasteiger partial charge in [-0.3, -0.25) is 0 Å². The van der Waals surface area contributed by atoms with Gasteiger partial charge in [0.2, 0.25) is 0 Å². The van der Waals surface area contributed by atoms with Crippen LogP contribution in [-0.4, -0.2) is 11.2 Å². The lowest BCUT2D eigenvalue weighted by atomic mass is 9.98. The van der Waals surface area contributed by atoms with Gasteiger partial charge < -0.3 is 5.11 Å². The standard InChI is InChI=1S/C10H22O/c1-4-6-7-10(11)8-9(3)5-2/h9-11H,4-8H2,1-3H3. The maximum atomic E-state index is 9.48. The zero-order valence-electron chi connectivity index (χ0n) is 8.14. The first-order chi connectivity index (χ1) is 5.20. The Labute approximate surface area is 70.8 Å². The highest BCUT2D eigenvalue weighted by Crippen LogP contribution is 2.13. The molecular weight excluding hydrogens is 136 g/mol. The van der Waals surface area contributed by atoms with E-state index in [1.54, 1.807) is 0 Å². The van der Waals surface area contributed by atoms with E-state index in [1.165, 1.54) is 12.8 Å². The van der Waals surface area contributed by atoms with E-state index in [1.807, 2.05) is 0 Å². The molecule has 0 aromatic rings. The van der Waals surface area contributed by atoms with Crippen molar-refractivity contribution in [2.24, 2.45) is 5.92 Å². The Balaban J connectivity index is 3.27. The molecule has 0 bridgehead atoms. The first kappa shape index (κ1) is 11.0. The highest BCUT2D eigenvalue weighted by atomic mass is 16.3. The fraction of sp³-hybridized carbons (Fsp3) is 1.00. The van der Waals surface area contributed by atoms with Crippen LogP contribution in [0.2, 0.25) is 0 Å². The maximum absolute atomic E-state index is 9.48. The predicted octanol–water partition coefficient (Wildman–Crippen LogP) is 2.97. The van der Waals surface area contributed by atoms with Gasteiger partial charge in [-0.15, -0.1) is 0 Å². The van der Waals surface area contributed by atoms with Gasteiger partial charge in [0, 0.05) is 0 Å². The molecular formula is C10H22O. The number of rotatable bonds is 6. The highest BCUT2D eigenvalue weighted by Gasteiger charge is 2.07. The molecule has 1 N–H and O–H groups in total. The van der Waals surface area contributed by atoms with E-state index in [4.69, 9.17) is 0 Å². The molecule has 2 unspecified atom stereocenters. The molecule has 0 spiro atoms. The zero-order valence-corrected chi connectivity index (χ0v) is 8.14. The third-order valence-corrected chi connectivity index (χ3v) is 2.26. The largest absolute Gasteiger partial charge is 0.393 e. The van der Waals surface area contributed by atoms with Crippen LogP contribution in [0.25, 0.3) is 0 Å². The fourth-order valence-corrected chi connectivity index (χ4v) is 1.19. The summed E-state index contributed by atoms with van der Waals surface area (Å²) in [5, 5.41) is 9.48. The van der Waals surface area contributed by atoms with Crippen LogP contribution in [0.4, 0.5) is 0 Å². The second-order valence-corrected chi connectivity index (χ2v) is 3.55. The number of unbranched alkanes of at least 4 members (excludes halogenated alkanes) is 1. The smallest absolute Gasteiger partial charge is 0.0542 e. The van der Waals surface area contributed by atoms with Crippen LogP contribution in [0.1, 0.15) is 52.9 Å². The first-order valence-corrected chi connectivity index (χ1v) is 4.88. The molecule has 0 aliphatic rings. The Kier molecular flexibility index (Phi) is 6.63. The highest BCUT2D eigenvalue weighted by molar-refractivity contribution is 4.59. The van der Waals surface area contributed by atoms with Gasteiger partial charge in [0.25, 0.3) is 0 Å². The van der Waals surface area contributed by atoms with E-state index < -0.39 is 0 Å². The maximum Gasteiger partial charge on any atom is 0.0542 e. The summed E-state index contributed by atoms with van der Waals surface area (Å²) in [4.78, 5) is 0. The van der Waals surface area contributed by atoms with Crippen LogP contribution in [0.3, 0.4) is 0 Å². The summed E-state index contributed by atoms with van der Waals surface area (Å²) in [6.45, 7) is 6.54. The molecule has 1 nitrogen and oxygen atoms in total. The van der Waals surface area contributed by atoms with Crippen molar-refractivity contribution in [3.8, 4) is 0 Å². The minimum atomic E-state index is -0.0510. The summed E-state index contributed by atoms with van der Waals surface area (Å²) in [6, 6.07) is 0. The second-order valence-electron chi connectivity index (χ2n) is 3.55. The van der Waals surface area contributed by atoms with Crippen LogP contribution >= 0.6 is 0 Å². The van der Waals surface area contributed by atoms with E-state index >= 15 is 0 Å². The van der Waals surface area contributed by atoms with Crippen LogP contribution in [0, 0.1) is 5.92 Å². The van der Waals surface area contributed by atoms with Gasteiger partial charge in [-0.25, -0.2) is 0 Å². The van der Waals surface area contributed by atoms with Crippen molar-refractivity contribution in [3.05, 3.63) is 0 Å². The second kappa shape index (κ2) is 6.66. The van der Waals surface area contributed by atoms with Gasteiger partial charge in [0.1, 0.15) is 0 Å². The van der Waals surface area contributed by atoms with Crippen molar-refractivity contribution in [3.63, 3.8) is 0 Å². The first-order valence-electron chi connectivity index (χ1n) is 4.88. The summed E-state index contributed by atoms with van der Waals surface area (Å²) < 4.78 is 0. The Morgan fingerprint density at radius 3 is 2.36 bits per heavy atom. The van der Waals surface area contributed by atoms with Gasteiger partial charge in [0.15, 0.2) is 0 Å². The van der Waals surface area contributed by atoms with Gasteiger partial charge in [-0.05, 0) is 18.8 Å². The monoisotopic (exact) mass is 158 g/mol. The molecule has 0 heterocycles. The van der Waals surface area contributed by atoms with E-state index in [0.29, 0.717) is 5.92 Å². The molecule has 68 valence electrons. The van der Waals surface area contributed by atoms with Crippen molar-refractivity contribution in [1.29, 1.82) is 0 Å². The van der Waals surface area contributed by atoms with Crippen LogP contribution in [0.5, 0.6) is 0 Å². The molecule has 0 aromatic carbocycles. The van der Waals surface area contributed by atoms with Crippen molar-refractivity contribution in [1.82, 2.24) is 0 Å². The molecule has 1 heteroatoms. The van der Waals surface area contributed by atoms with E-state index in [9.17, 15) is 5.11 Å². The molecule has 2 atom stereocenters. The Hall–Kier alpha value is -0.0400. The normalized spacial score (nSPS) is 16.4. The van der Waals surface area contributed by atoms with E-state index in [2.05, 4.69) is 20.8 Å². The molecule has 0 rings (SSSR count). The molecule has 0 radical (unpaired) electrons. The van der Waals surface area contributed by atoms with Crippen LogP contribution < -0.4 is 0 Å². The molecule has 0 fully saturated rings. The van der Waals surface area contributed by atoms with Gasteiger partial charge in [0.05, 0.1) is 6.10 Å². The number of aliphatic hydroxyl groups is 1. The quantitative estimate of drug-likeness (QED) is 0.630. The van der Waals surface area contributed by atoms with Crippen LogP contribution in [-0.2, 0) is 0 Å². The Morgan fingerprint density at radius 1 is 1.27 bits per heavy atom. The molecule has 0 aromatic heterocycles. The van der Waals surface area contributed by atoms with Gasteiger partial charge >= 0.3 is 0 Å². The summed E-state index contributed by atoms with van der Waals surface area (Å²) in [5.41, 5.74) is 0. The molecule has 11 heavy (non-hydrogen) atoms. The Bertz CT molecular complexity index is 80.9. The fourth-order valence-electron chi connectivity index (χ4n) is 1.19. The third-order valence-electron chi connectivity index (χ3n) is 2.26. The summed E-state index contributed by atoms with van der Waals surface area (Å²) in [7, 11) is 0. The molecule has 0 aliphatic heterocycles. The van der Waals surface area contributed by atoms with Crippen LogP contribution in [0.15, 0.2) is 0 Å². The van der Waals surface area contributed by atoms with E-state index in [-0.39, 0.29) is 6.10 Å². The van der Waals surface area contributed by atoms with Crippen molar-refractivity contribution in [2.75, 3.05) is 0 Å². The summed E-state index contributed by atoms with van der Waals surface area (Å²) in [6.07, 6.45) is 5.46. The summed E-state index contributed by atoms with van der Waals surface area (Å²) >= 11 is 0. The summed E-state index contributed by atoms with van der Waals surface area (Å²) in [5.74, 6) is 0.682. The lowest BCUT2D eigenvalue weighted by Crippen LogP contribution is -2.10. The Morgan fingerprint density at radius 2 is 1.91 bits per heavy atom. The number of hydrogen-bond donors (Lipinski definition) is 1. The minimum absolute atomic E-state index is 0.0510. The van der Waals surface area contributed by atoms with Crippen molar-refractivity contribution >= 4 is 0 Å². The van der Waals surface area contributed by atoms with Crippen molar-refractivity contribution < 1.29 is 5.11 Å². The average Bonchev–Trinajstić information content (AvgIpc) is 2.00. The lowest BCUT2D eigenvalue weighted by Gasteiger charge is -2.13. The topological polar surface area (TPSA) is 20.2 Å². The number of hydrogen-bond acceptors (Lipinski definition) is 1. The van der Waals surface area contributed by atoms with E-state index in [0.717, 1.165) is 19.3 Å². The third kappa shape index (κ3) is 6.36.